The number of carbonyl (C=O) groups excluding carboxylic acids is 1. The summed E-state index contributed by atoms with van der Waals surface area (Å²) in [5.41, 5.74) is 0.892. The van der Waals surface area contributed by atoms with Crippen LogP contribution in [0.25, 0.3) is 16.8 Å². The van der Waals surface area contributed by atoms with Crippen molar-refractivity contribution < 1.29 is 26.8 Å². The van der Waals surface area contributed by atoms with Crippen molar-refractivity contribution in [1.82, 2.24) is 24.9 Å². The summed E-state index contributed by atoms with van der Waals surface area (Å²) in [7, 11) is 0. The average molecular weight is 473 g/mol. The van der Waals surface area contributed by atoms with E-state index in [1.165, 1.54) is 43.6 Å². The molecule has 0 saturated carbocycles. The Labute approximate surface area is 191 Å². The lowest BCUT2D eigenvalue weighted by Crippen LogP contribution is -2.43. The van der Waals surface area contributed by atoms with Crippen molar-refractivity contribution in [2.45, 2.75) is 38.2 Å². The third kappa shape index (κ3) is 3.80. The molecular weight excluding hydrogens is 454 g/mol. The van der Waals surface area contributed by atoms with E-state index in [1.54, 1.807) is 0 Å². The highest BCUT2D eigenvalue weighted by atomic mass is 19.3. The molecule has 0 N–H and O–H groups in total. The number of oxazole rings is 1. The number of hydrogen-bond donors (Lipinski definition) is 0. The first-order valence-corrected chi connectivity index (χ1v) is 10.6. The fourth-order valence-corrected chi connectivity index (χ4v) is 4.34. The van der Waals surface area contributed by atoms with Crippen LogP contribution < -0.4 is 0 Å². The molecule has 176 valence electrons. The number of nitrogens with zero attached hydrogens (tertiary/aromatic N) is 5. The quantitative estimate of drug-likeness (QED) is 0.400. The number of aromatic nitrogens is 4. The van der Waals surface area contributed by atoms with Crippen LogP contribution in [-0.2, 0) is 6.42 Å². The van der Waals surface area contributed by atoms with Crippen LogP contribution in [0, 0.1) is 18.6 Å². The number of benzene rings is 2. The molecule has 0 unspecified atom stereocenters. The minimum atomic E-state index is -3.13. The van der Waals surface area contributed by atoms with Crippen LogP contribution in [0.2, 0.25) is 0 Å². The summed E-state index contributed by atoms with van der Waals surface area (Å²) in [4.78, 5) is 19.8. The van der Waals surface area contributed by atoms with Gasteiger partial charge in [-0.1, -0.05) is 0 Å². The summed E-state index contributed by atoms with van der Waals surface area (Å²) >= 11 is 0. The lowest BCUT2D eigenvalue weighted by Gasteiger charge is -2.28. The minimum absolute atomic E-state index is 0.0233. The highest BCUT2D eigenvalue weighted by Gasteiger charge is 2.50. The van der Waals surface area contributed by atoms with Gasteiger partial charge in [0.25, 0.3) is 11.8 Å². The second kappa shape index (κ2) is 8.23. The van der Waals surface area contributed by atoms with Crippen LogP contribution in [0.15, 0.2) is 47.1 Å². The summed E-state index contributed by atoms with van der Waals surface area (Å²) in [5, 5.41) is 7.96. The van der Waals surface area contributed by atoms with E-state index in [4.69, 9.17) is 4.42 Å². The predicted molar refractivity (Wildman–Crippen MR) is 113 cm³/mol. The fraction of sp³-hybridized carbons (Fsp3) is 0.304. The Hall–Kier alpha value is -3.76. The van der Waals surface area contributed by atoms with Crippen molar-refractivity contribution >= 4 is 17.0 Å². The first-order valence-electron chi connectivity index (χ1n) is 10.6. The molecule has 1 amide bonds. The Balaban J connectivity index is 1.44. The molecule has 3 heterocycles. The van der Waals surface area contributed by atoms with Gasteiger partial charge < -0.3 is 9.32 Å². The fourth-order valence-electron chi connectivity index (χ4n) is 4.34. The van der Waals surface area contributed by atoms with Crippen LogP contribution in [0.5, 0.6) is 0 Å². The topological polar surface area (TPSA) is 77.0 Å². The number of carbonyl (C=O) groups is 1. The lowest BCUT2D eigenvalue weighted by atomic mass is 10.0. The predicted octanol–water partition coefficient (Wildman–Crippen LogP) is 4.48. The summed E-state index contributed by atoms with van der Waals surface area (Å²) in [6.45, 7) is 1.30. The van der Waals surface area contributed by atoms with Gasteiger partial charge in [-0.15, -0.1) is 0 Å². The molecule has 1 atom stereocenters. The molecule has 11 heteroatoms. The zero-order valence-corrected chi connectivity index (χ0v) is 18.0. The number of rotatable bonds is 5. The van der Waals surface area contributed by atoms with Crippen LogP contribution in [0.3, 0.4) is 0 Å². The second-order valence-corrected chi connectivity index (χ2v) is 8.17. The molecular formula is C23H19F4N5O2. The molecule has 2 aromatic heterocycles. The molecule has 1 aliphatic rings. The number of aryl methyl sites for hydroxylation is 1. The van der Waals surface area contributed by atoms with Gasteiger partial charge >= 0.3 is 0 Å². The number of amides is 1. The Kier molecular flexibility index (Phi) is 5.34. The highest BCUT2D eigenvalue weighted by Crippen LogP contribution is 2.38. The van der Waals surface area contributed by atoms with Crippen LogP contribution in [0.1, 0.15) is 34.7 Å². The molecule has 1 aliphatic heterocycles. The molecule has 2 aromatic carbocycles. The van der Waals surface area contributed by atoms with Gasteiger partial charge in [-0.25, -0.2) is 22.5 Å². The monoisotopic (exact) mass is 473 g/mol. The summed E-state index contributed by atoms with van der Waals surface area (Å²) < 4.78 is 62.9. The van der Waals surface area contributed by atoms with E-state index in [1.807, 2.05) is 0 Å². The molecule has 0 spiro atoms. The molecule has 0 radical (unpaired) electrons. The molecule has 34 heavy (non-hydrogen) atoms. The molecule has 0 aliphatic carbocycles. The van der Waals surface area contributed by atoms with Crippen LogP contribution >= 0.6 is 0 Å². The summed E-state index contributed by atoms with van der Waals surface area (Å²) in [5.74, 6) is -4.68. The van der Waals surface area contributed by atoms with Gasteiger partial charge in [0.05, 0.1) is 24.0 Å². The Bertz CT molecular complexity index is 1370. The summed E-state index contributed by atoms with van der Waals surface area (Å²) in [6.07, 6.45) is 2.15. The Morgan fingerprint density at radius 1 is 1.18 bits per heavy atom. The minimum Gasteiger partial charge on any atom is -0.441 e. The maximum Gasteiger partial charge on any atom is 0.269 e. The van der Waals surface area contributed by atoms with E-state index >= 15 is 0 Å². The van der Waals surface area contributed by atoms with Crippen molar-refractivity contribution in [1.29, 1.82) is 0 Å². The van der Waals surface area contributed by atoms with Crippen molar-refractivity contribution in [2.24, 2.45) is 0 Å². The number of fused-ring (bicyclic) bond motifs is 1. The van der Waals surface area contributed by atoms with Gasteiger partial charge in [-0.2, -0.15) is 15.0 Å². The number of likely N-dealkylation sites (tertiary alicyclic amines) is 1. The standard InChI is InChI=1S/C23H19F4N5O2/c1-13-16(25)4-3-15(21(13)32-28-9-10-29-32)22(33)31-11-8-23(26,27)19(31)6-7-20-30-17-12-14(24)2-5-18(17)34-20/h2-5,9-10,12,19H,6-8,11H2,1H3/t19-/m1/s1. The van der Waals surface area contributed by atoms with Crippen molar-refractivity contribution in [2.75, 3.05) is 6.54 Å². The number of alkyl halides is 2. The van der Waals surface area contributed by atoms with Crippen molar-refractivity contribution in [3.8, 4) is 5.69 Å². The van der Waals surface area contributed by atoms with Gasteiger partial charge in [-0.3, -0.25) is 4.79 Å². The first kappa shape index (κ1) is 22.1. The Morgan fingerprint density at radius 2 is 1.94 bits per heavy atom. The number of halogens is 4. The molecule has 5 rings (SSSR count). The van der Waals surface area contributed by atoms with Gasteiger partial charge in [-0.05, 0) is 37.6 Å². The average Bonchev–Trinajstić information content (AvgIpc) is 3.52. The molecule has 4 aromatic rings. The van der Waals surface area contributed by atoms with E-state index in [0.29, 0.717) is 11.1 Å². The molecule has 7 nitrogen and oxygen atoms in total. The zero-order valence-electron chi connectivity index (χ0n) is 18.0. The van der Waals surface area contributed by atoms with E-state index in [2.05, 4.69) is 15.2 Å². The highest BCUT2D eigenvalue weighted by molar-refractivity contribution is 5.98. The maximum absolute atomic E-state index is 14.8. The SMILES string of the molecule is Cc1c(F)ccc(C(=O)N2CCC(F)(F)[C@H]2CCc2nc3cc(F)ccc3o2)c1-n1nccn1. The first-order chi connectivity index (χ1) is 16.2. The normalized spacial score (nSPS) is 17.6. The van der Waals surface area contributed by atoms with Gasteiger partial charge in [0.1, 0.15) is 22.8 Å². The zero-order chi connectivity index (χ0) is 24.0. The largest absolute Gasteiger partial charge is 0.441 e. The van der Waals surface area contributed by atoms with Gasteiger partial charge in [0, 0.05) is 31.0 Å². The smallest absolute Gasteiger partial charge is 0.269 e. The van der Waals surface area contributed by atoms with Crippen LogP contribution in [-0.4, -0.2) is 49.3 Å². The van der Waals surface area contributed by atoms with Crippen LogP contribution in [0.4, 0.5) is 17.6 Å². The number of hydrogen-bond acceptors (Lipinski definition) is 5. The third-order valence-electron chi connectivity index (χ3n) is 6.05. The van der Waals surface area contributed by atoms with Crippen molar-refractivity contribution in [3.05, 3.63) is 71.4 Å². The van der Waals surface area contributed by atoms with E-state index in [9.17, 15) is 22.4 Å². The van der Waals surface area contributed by atoms with E-state index in [0.717, 1.165) is 15.8 Å². The molecule has 0 bridgehead atoms. The van der Waals surface area contributed by atoms with E-state index in [-0.39, 0.29) is 42.1 Å². The summed E-state index contributed by atoms with van der Waals surface area (Å²) in [6, 6.07) is 4.80. The second-order valence-electron chi connectivity index (χ2n) is 8.17. The Morgan fingerprint density at radius 3 is 2.71 bits per heavy atom. The van der Waals surface area contributed by atoms with Gasteiger partial charge in [0.2, 0.25) is 0 Å². The van der Waals surface area contributed by atoms with Gasteiger partial charge in [0.15, 0.2) is 11.5 Å². The third-order valence-corrected chi connectivity index (χ3v) is 6.05. The maximum atomic E-state index is 14.8. The molecule has 1 fully saturated rings. The van der Waals surface area contributed by atoms with E-state index < -0.39 is 35.9 Å². The van der Waals surface area contributed by atoms with Crippen molar-refractivity contribution in [3.63, 3.8) is 0 Å². The lowest BCUT2D eigenvalue weighted by molar-refractivity contribution is -0.0323. The molecule has 1 saturated heterocycles.